The lowest BCUT2D eigenvalue weighted by atomic mass is 10.0. The molecule has 0 unspecified atom stereocenters. The van der Waals surface area contributed by atoms with Gasteiger partial charge in [0.05, 0.1) is 0 Å². The fraction of sp³-hybridized carbons (Fsp3) is 0.111. The van der Waals surface area contributed by atoms with Crippen molar-refractivity contribution in [2.45, 2.75) is 13.8 Å². The summed E-state index contributed by atoms with van der Waals surface area (Å²) in [6, 6.07) is 14.5. The van der Waals surface area contributed by atoms with Gasteiger partial charge < -0.3 is 9.26 Å². The van der Waals surface area contributed by atoms with Crippen LogP contribution in [0.1, 0.15) is 21.6 Å². The molecule has 1 aromatic heterocycles. The van der Waals surface area contributed by atoms with E-state index in [2.05, 4.69) is 21.1 Å². The summed E-state index contributed by atoms with van der Waals surface area (Å²) >= 11 is 3.33. The van der Waals surface area contributed by atoms with Gasteiger partial charge >= 0.3 is 5.97 Å². The van der Waals surface area contributed by atoms with Crippen molar-refractivity contribution in [1.29, 1.82) is 0 Å². The second-order valence-corrected chi connectivity index (χ2v) is 6.13. The zero-order valence-electron chi connectivity index (χ0n) is 12.7. The number of hydrogen-bond donors (Lipinski definition) is 0. The van der Waals surface area contributed by atoms with Crippen molar-refractivity contribution >= 4 is 21.9 Å². The van der Waals surface area contributed by atoms with Crippen LogP contribution in [0, 0.1) is 13.8 Å². The Morgan fingerprint density at radius 2 is 1.78 bits per heavy atom. The molecule has 0 aliphatic heterocycles. The van der Waals surface area contributed by atoms with Gasteiger partial charge in [-0.3, -0.25) is 0 Å². The summed E-state index contributed by atoms with van der Waals surface area (Å²) in [6.45, 7) is 4.07. The number of esters is 1. The van der Waals surface area contributed by atoms with E-state index in [1.807, 2.05) is 32.0 Å². The van der Waals surface area contributed by atoms with Crippen LogP contribution in [-0.4, -0.2) is 11.1 Å². The highest BCUT2D eigenvalue weighted by molar-refractivity contribution is 9.10. The van der Waals surface area contributed by atoms with Gasteiger partial charge in [0.2, 0.25) is 0 Å². The standard InChI is InChI=1S/C18H14BrNO3/c1-11-3-4-13(9-12(11)2)17-10-16(20-23-17)18(21)22-15-7-5-14(19)6-8-15/h3-10H,1-2H3. The molecule has 0 bridgehead atoms. The average molecular weight is 372 g/mol. The molecule has 0 saturated carbocycles. The summed E-state index contributed by atoms with van der Waals surface area (Å²) in [5, 5.41) is 3.80. The summed E-state index contributed by atoms with van der Waals surface area (Å²) in [5.41, 5.74) is 3.37. The van der Waals surface area contributed by atoms with Gasteiger partial charge in [-0.25, -0.2) is 4.79 Å². The number of benzene rings is 2. The molecule has 0 atom stereocenters. The predicted molar refractivity (Wildman–Crippen MR) is 90.5 cm³/mol. The molecule has 116 valence electrons. The quantitative estimate of drug-likeness (QED) is 0.483. The Morgan fingerprint density at radius 3 is 2.48 bits per heavy atom. The topological polar surface area (TPSA) is 52.3 Å². The van der Waals surface area contributed by atoms with Gasteiger partial charge in [0.25, 0.3) is 0 Å². The third-order valence-electron chi connectivity index (χ3n) is 3.53. The van der Waals surface area contributed by atoms with Gasteiger partial charge in [-0.2, -0.15) is 0 Å². The van der Waals surface area contributed by atoms with Crippen LogP contribution in [0.25, 0.3) is 11.3 Å². The number of carbonyl (C=O) groups is 1. The first-order chi connectivity index (χ1) is 11.0. The summed E-state index contributed by atoms with van der Waals surface area (Å²) < 4.78 is 11.4. The molecule has 2 aromatic carbocycles. The summed E-state index contributed by atoms with van der Waals surface area (Å²) in [5.74, 6) is 0.441. The van der Waals surface area contributed by atoms with Crippen LogP contribution in [0.4, 0.5) is 0 Å². The zero-order valence-corrected chi connectivity index (χ0v) is 14.3. The van der Waals surface area contributed by atoms with E-state index in [0.717, 1.165) is 15.6 Å². The molecule has 4 nitrogen and oxygen atoms in total. The monoisotopic (exact) mass is 371 g/mol. The van der Waals surface area contributed by atoms with Crippen molar-refractivity contribution in [3.63, 3.8) is 0 Å². The van der Waals surface area contributed by atoms with E-state index < -0.39 is 5.97 Å². The van der Waals surface area contributed by atoms with Crippen LogP contribution < -0.4 is 4.74 Å². The number of nitrogens with zero attached hydrogens (tertiary/aromatic N) is 1. The molecule has 23 heavy (non-hydrogen) atoms. The number of halogens is 1. The predicted octanol–water partition coefficient (Wildman–Crippen LogP) is 4.94. The maximum atomic E-state index is 12.1. The largest absolute Gasteiger partial charge is 0.422 e. The normalized spacial score (nSPS) is 10.6. The molecular weight excluding hydrogens is 358 g/mol. The molecule has 5 heteroatoms. The molecule has 0 aliphatic carbocycles. The lowest BCUT2D eigenvalue weighted by Crippen LogP contribution is -2.08. The first-order valence-electron chi connectivity index (χ1n) is 7.05. The molecule has 0 N–H and O–H groups in total. The van der Waals surface area contributed by atoms with E-state index in [4.69, 9.17) is 9.26 Å². The minimum atomic E-state index is -0.550. The molecule has 0 radical (unpaired) electrons. The number of ether oxygens (including phenoxy) is 1. The van der Waals surface area contributed by atoms with Gasteiger partial charge in [-0.15, -0.1) is 0 Å². The van der Waals surface area contributed by atoms with Crippen LogP contribution >= 0.6 is 15.9 Å². The van der Waals surface area contributed by atoms with Crippen molar-refractivity contribution in [2.24, 2.45) is 0 Å². The highest BCUT2D eigenvalue weighted by atomic mass is 79.9. The molecule has 1 heterocycles. The molecule has 0 amide bonds. The Bertz CT molecular complexity index is 853. The van der Waals surface area contributed by atoms with E-state index in [1.165, 1.54) is 5.56 Å². The molecule has 0 aliphatic rings. The van der Waals surface area contributed by atoms with E-state index in [9.17, 15) is 4.79 Å². The minimum Gasteiger partial charge on any atom is -0.422 e. The fourth-order valence-electron chi connectivity index (χ4n) is 2.06. The van der Waals surface area contributed by atoms with Crippen LogP contribution in [0.3, 0.4) is 0 Å². The maximum Gasteiger partial charge on any atom is 0.365 e. The first-order valence-corrected chi connectivity index (χ1v) is 7.84. The Balaban J connectivity index is 1.79. The van der Waals surface area contributed by atoms with Crippen molar-refractivity contribution < 1.29 is 14.1 Å². The summed E-state index contributed by atoms with van der Waals surface area (Å²) in [7, 11) is 0. The third-order valence-corrected chi connectivity index (χ3v) is 4.06. The Hall–Kier alpha value is -2.40. The Labute approximate surface area is 142 Å². The number of aromatic nitrogens is 1. The first kappa shape index (κ1) is 15.5. The van der Waals surface area contributed by atoms with Crippen LogP contribution in [0.5, 0.6) is 5.75 Å². The maximum absolute atomic E-state index is 12.1. The van der Waals surface area contributed by atoms with E-state index in [0.29, 0.717) is 11.5 Å². The summed E-state index contributed by atoms with van der Waals surface area (Å²) in [4.78, 5) is 12.1. The number of carbonyl (C=O) groups excluding carboxylic acids is 1. The Morgan fingerprint density at radius 1 is 1.04 bits per heavy atom. The van der Waals surface area contributed by atoms with Crippen molar-refractivity contribution in [3.05, 3.63) is 69.8 Å². The third kappa shape index (κ3) is 3.51. The molecule has 3 aromatic rings. The van der Waals surface area contributed by atoms with Crippen LogP contribution in [0.2, 0.25) is 0 Å². The SMILES string of the molecule is Cc1ccc(-c2cc(C(=O)Oc3ccc(Br)cc3)no2)cc1C. The lowest BCUT2D eigenvalue weighted by molar-refractivity contribution is 0.0724. The number of hydrogen-bond acceptors (Lipinski definition) is 4. The smallest absolute Gasteiger partial charge is 0.365 e. The second-order valence-electron chi connectivity index (χ2n) is 5.22. The van der Waals surface area contributed by atoms with Gasteiger partial charge in [0.15, 0.2) is 11.5 Å². The van der Waals surface area contributed by atoms with Crippen molar-refractivity contribution in [3.8, 4) is 17.1 Å². The molecule has 0 fully saturated rings. The van der Waals surface area contributed by atoms with E-state index in [1.54, 1.807) is 30.3 Å². The van der Waals surface area contributed by atoms with Crippen molar-refractivity contribution in [2.75, 3.05) is 0 Å². The zero-order chi connectivity index (χ0) is 16.4. The van der Waals surface area contributed by atoms with E-state index in [-0.39, 0.29) is 5.69 Å². The number of rotatable bonds is 3. The van der Waals surface area contributed by atoms with E-state index >= 15 is 0 Å². The van der Waals surface area contributed by atoms with Crippen LogP contribution in [-0.2, 0) is 0 Å². The molecule has 3 rings (SSSR count). The van der Waals surface area contributed by atoms with Crippen molar-refractivity contribution in [1.82, 2.24) is 5.16 Å². The number of aryl methyl sites for hydroxylation is 2. The Kier molecular flexibility index (Phi) is 4.30. The molecule has 0 spiro atoms. The average Bonchev–Trinajstić information content (AvgIpc) is 3.02. The van der Waals surface area contributed by atoms with Gasteiger partial charge in [-0.05, 0) is 55.3 Å². The lowest BCUT2D eigenvalue weighted by Gasteiger charge is -2.01. The highest BCUT2D eigenvalue weighted by Crippen LogP contribution is 2.24. The minimum absolute atomic E-state index is 0.140. The van der Waals surface area contributed by atoms with Crippen LogP contribution in [0.15, 0.2) is 57.5 Å². The molecular formula is C18H14BrNO3. The van der Waals surface area contributed by atoms with Gasteiger partial charge in [-0.1, -0.05) is 33.2 Å². The molecule has 0 saturated heterocycles. The second kappa shape index (κ2) is 6.38. The fourth-order valence-corrected chi connectivity index (χ4v) is 2.33. The summed E-state index contributed by atoms with van der Waals surface area (Å²) in [6.07, 6.45) is 0. The van der Waals surface area contributed by atoms with Gasteiger partial charge in [0, 0.05) is 16.1 Å². The van der Waals surface area contributed by atoms with Gasteiger partial charge in [0.1, 0.15) is 5.75 Å². The highest BCUT2D eigenvalue weighted by Gasteiger charge is 2.16.